The van der Waals surface area contributed by atoms with Crippen molar-refractivity contribution in [1.82, 2.24) is 14.8 Å². The van der Waals surface area contributed by atoms with Crippen LogP contribution >= 0.6 is 27.7 Å². The Kier molecular flexibility index (Phi) is 3.66. The molecule has 3 nitrogen and oxygen atoms in total. The van der Waals surface area contributed by atoms with Crippen LogP contribution in [-0.2, 0) is 7.05 Å². The molecule has 16 heavy (non-hydrogen) atoms. The minimum Gasteiger partial charge on any atom is -0.312 e. The van der Waals surface area contributed by atoms with E-state index < -0.39 is 0 Å². The lowest BCUT2D eigenvalue weighted by Gasteiger charge is -2.10. The molecule has 0 aliphatic heterocycles. The van der Waals surface area contributed by atoms with Crippen LogP contribution in [0.4, 0.5) is 0 Å². The van der Waals surface area contributed by atoms with Crippen LogP contribution in [0.5, 0.6) is 0 Å². The first-order chi connectivity index (χ1) is 7.66. The standard InChI is InChI=1S/C11H12BrN3S/c1-8(9-4-3-5-10(12)6-9)16-11-14-13-7-15(11)2/h3-8H,1-2H3. The molecular weight excluding hydrogens is 286 g/mol. The van der Waals surface area contributed by atoms with Crippen molar-refractivity contribution in [2.24, 2.45) is 7.05 Å². The minimum absolute atomic E-state index is 0.361. The van der Waals surface area contributed by atoms with Gasteiger partial charge in [-0.15, -0.1) is 10.2 Å². The first kappa shape index (κ1) is 11.7. The van der Waals surface area contributed by atoms with Gasteiger partial charge in [-0.25, -0.2) is 0 Å². The number of aryl methyl sites for hydroxylation is 1. The summed E-state index contributed by atoms with van der Waals surface area (Å²) in [4.78, 5) is 0. The molecular formula is C11H12BrN3S. The van der Waals surface area contributed by atoms with Gasteiger partial charge in [0.05, 0.1) is 0 Å². The fourth-order valence-electron chi connectivity index (χ4n) is 1.36. The van der Waals surface area contributed by atoms with Crippen LogP contribution in [0.2, 0.25) is 0 Å². The summed E-state index contributed by atoms with van der Waals surface area (Å²) >= 11 is 5.19. The van der Waals surface area contributed by atoms with Crippen molar-refractivity contribution < 1.29 is 0 Å². The highest BCUT2D eigenvalue weighted by Gasteiger charge is 2.11. The van der Waals surface area contributed by atoms with Crippen LogP contribution in [0, 0.1) is 0 Å². The second-order valence-electron chi connectivity index (χ2n) is 3.54. The summed E-state index contributed by atoms with van der Waals surface area (Å²) in [5, 5.41) is 9.24. The Morgan fingerprint density at radius 3 is 2.88 bits per heavy atom. The number of hydrogen-bond acceptors (Lipinski definition) is 3. The summed E-state index contributed by atoms with van der Waals surface area (Å²) in [7, 11) is 1.95. The van der Waals surface area contributed by atoms with Crippen molar-refractivity contribution in [3.8, 4) is 0 Å². The van der Waals surface area contributed by atoms with E-state index in [1.54, 1.807) is 18.1 Å². The normalized spacial score (nSPS) is 12.7. The summed E-state index contributed by atoms with van der Waals surface area (Å²) in [5.74, 6) is 0. The molecule has 0 bridgehead atoms. The van der Waals surface area contributed by atoms with Crippen molar-refractivity contribution in [2.45, 2.75) is 17.3 Å². The van der Waals surface area contributed by atoms with Gasteiger partial charge in [0.1, 0.15) is 6.33 Å². The van der Waals surface area contributed by atoms with Crippen molar-refractivity contribution in [1.29, 1.82) is 0 Å². The Labute approximate surface area is 107 Å². The number of benzene rings is 1. The molecule has 0 aliphatic carbocycles. The van der Waals surface area contributed by atoms with E-state index in [0.29, 0.717) is 5.25 Å². The molecule has 0 fully saturated rings. The topological polar surface area (TPSA) is 30.7 Å². The van der Waals surface area contributed by atoms with Crippen LogP contribution in [0.25, 0.3) is 0 Å². The highest BCUT2D eigenvalue weighted by molar-refractivity contribution is 9.10. The zero-order valence-electron chi connectivity index (χ0n) is 9.09. The molecule has 5 heteroatoms. The number of thioether (sulfide) groups is 1. The maximum atomic E-state index is 4.07. The Balaban J connectivity index is 2.14. The number of hydrogen-bond donors (Lipinski definition) is 0. The Hall–Kier alpha value is -0.810. The molecule has 1 unspecified atom stereocenters. The molecule has 0 aliphatic rings. The number of halogens is 1. The van der Waals surface area contributed by atoms with Crippen LogP contribution in [-0.4, -0.2) is 14.8 Å². The minimum atomic E-state index is 0.361. The first-order valence-corrected chi connectivity index (χ1v) is 6.60. The maximum absolute atomic E-state index is 4.07. The molecule has 1 atom stereocenters. The Bertz CT molecular complexity index is 484. The lowest BCUT2D eigenvalue weighted by atomic mass is 10.2. The van der Waals surface area contributed by atoms with Gasteiger partial charge >= 0.3 is 0 Å². The van der Waals surface area contributed by atoms with E-state index >= 15 is 0 Å². The van der Waals surface area contributed by atoms with E-state index in [2.05, 4.69) is 45.2 Å². The average molecular weight is 298 g/mol. The van der Waals surface area contributed by atoms with Gasteiger partial charge in [0.2, 0.25) is 0 Å². The number of aromatic nitrogens is 3. The third kappa shape index (κ3) is 2.65. The monoisotopic (exact) mass is 297 g/mol. The summed E-state index contributed by atoms with van der Waals surface area (Å²) in [6.45, 7) is 2.17. The maximum Gasteiger partial charge on any atom is 0.191 e. The third-order valence-electron chi connectivity index (χ3n) is 2.27. The fourth-order valence-corrected chi connectivity index (χ4v) is 2.69. The molecule has 1 aromatic heterocycles. The van der Waals surface area contributed by atoms with E-state index in [1.165, 1.54) is 5.56 Å². The van der Waals surface area contributed by atoms with Gasteiger partial charge < -0.3 is 4.57 Å². The lowest BCUT2D eigenvalue weighted by Crippen LogP contribution is -1.93. The second-order valence-corrected chi connectivity index (χ2v) is 5.76. The fraction of sp³-hybridized carbons (Fsp3) is 0.273. The summed E-state index contributed by atoms with van der Waals surface area (Å²) in [6.07, 6.45) is 1.72. The molecule has 0 spiro atoms. The van der Waals surface area contributed by atoms with Crippen LogP contribution in [0.15, 0.2) is 40.2 Å². The van der Waals surface area contributed by atoms with Gasteiger partial charge in [-0.05, 0) is 24.6 Å². The molecule has 2 rings (SSSR count). The molecule has 2 aromatic rings. The Morgan fingerprint density at radius 1 is 1.44 bits per heavy atom. The first-order valence-electron chi connectivity index (χ1n) is 4.93. The molecule has 0 saturated carbocycles. The second kappa shape index (κ2) is 5.01. The van der Waals surface area contributed by atoms with E-state index in [0.717, 1.165) is 9.63 Å². The van der Waals surface area contributed by atoms with E-state index in [9.17, 15) is 0 Å². The highest BCUT2D eigenvalue weighted by atomic mass is 79.9. The van der Waals surface area contributed by atoms with Gasteiger partial charge in [0.15, 0.2) is 5.16 Å². The summed E-state index contributed by atoms with van der Waals surface area (Å²) in [5.41, 5.74) is 1.28. The predicted molar refractivity (Wildman–Crippen MR) is 69.4 cm³/mol. The van der Waals surface area contributed by atoms with Gasteiger partial charge in [-0.2, -0.15) is 0 Å². The van der Waals surface area contributed by atoms with Gasteiger partial charge in [-0.1, -0.05) is 39.8 Å². The van der Waals surface area contributed by atoms with Gasteiger partial charge in [0, 0.05) is 16.8 Å². The molecule has 84 valence electrons. The lowest BCUT2D eigenvalue weighted by molar-refractivity contribution is 0.785. The highest BCUT2D eigenvalue weighted by Crippen LogP contribution is 2.33. The molecule has 1 heterocycles. The zero-order valence-corrected chi connectivity index (χ0v) is 11.5. The van der Waals surface area contributed by atoms with Crippen LogP contribution in [0.3, 0.4) is 0 Å². The van der Waals surface area contributed by atoms with Crippen LogP contribution < -0.4 is 0 Å². The largest absolute Gasteiger partial charge is 0.312 e. The zero-order chi connectivity index (χ0) is 11.5. The number of rotatable bonds is 3. The SMILES string of the molecule is CC(Sc1nncn1C)c1cccc(Br)c1. The molecule has 0 N–H and O–H groups in total. The van der Waals surface area contributed by atoms with Crippen molar-refractivity contribution in [3.05, 3.63) is 40.6 Å². The quantitative estimate of drug-likeness (QED) is 0.813. The average Bonchev–Trinajstić information content (AvgIpc) is 2.64. The van der Waals surface area contributed by atoms with Crippen molar-refractivity contribution >= 4 is 27.7 Å². The van der Waals surface area contributed by atoms with Crippen molar-refractivity contribution in [3.63, 3.8) is 0 Å². The Morgan fingerprint density at radius 2 is 2.25 bits per heavy atom. The van der Waals surface area contributed by atoms with Crippen LogP contribution in [0.1, 0.15) is 17.7 Å². The molecule has 0 saturated heterocycles. The summed E-state index contributed by atoms with van der Waals surface area (Å²) in [6, 6.07) is 8.34. The third-order valence-corrected chi connectivity index (χ3v) is 3.97. The van der Waals surface area contributed by atoms with E-state index in [1.807, 2.05) is 23.7 Å². The van der Waals surface area contributed by atoms with Gasteiger partial charge in [-0.3, -0.25) is 0 Å². The van der Waals surface area contributed by atoms with E-state index in [4.69, 9.17) is 0 Å². The molecule has 0 amide bonds. The predicted octanol–water partition coefficient (Wildman–Crippen LogP) is 3.43. The van der Waals surface area contributed by atoms with E-state index in [-0.39, 0.29) is 0 Å². The molecule has 0 radical (unpaired) electrons. The molecule has 1 aromatic carbocycles. The van der Waals surface area contributed by atoms with Gasteiger partial charge in [0.25, 0.3) is 0 Å². The number of nitrogens with zero attached hydrogens (tertiary/aromatic N) is 3. The smallest absolute Gasteiger partial charge is 0.191 e. The van der Waals surface area contributed by atoms with Crippen molar-refractivity contribution in [2.75, 3.05) is 0 Å². The summed E-state index contributed by atoms with van der Waals surface area (Å²) < 4.78 is 3.04.